The van der Waals surface area contributed by atoms with Crippen molar-refractivity contribution in [3.8, 4) is 0 Å². The van der Waals surface area contributed by atoms with Crippen molar-refractivity contribution in [2.75, 3.05) is 10.0 Å². The van der Waals surface area contributed by atoms with Crippen LogP contribution in [0.5, 0.6) is 0 Å². The molecule has 2 aromatic carbocycles. The van der Waals surface area contributed by atoms with Crippen LogP contribution in [-0.4, -0.2) is 19.6 Å². The fourth-order valence-corrected chi connectivity index (χ4v) is 4.75. The molecular formula is C17H17FN2O3S2. The summed E-state index contributed by atoms with van der Waals surface area (Å²) in [6.45, 7) is 3.57. The summed E-state index contributed by atoms with van der Waals surface area (Å²) in [4.78, 5) is 12.7. The highest BCUT2D eigenvalue weighted by Crippen LogP contribution is 2.36. The van der Waals surface area contributed by atoms with Crippen LogP contribution in [0.1, 0.15) is 18.9 Å². The summed E-state index contributed by atoms with van der Waals surface area (Å²) >= 11 is 1.52. The first-order chi connectivity index (χ1) is 11.7. The summed E-state index contributed by atoms with van der Waals surface area (Å²) in [5.74, 6) is -0.574. The summed E-state index contributed by atoms with van der Waals surface area (Å²) in [6.07, 6.45) is 0.369. The van der Waals surface area contributed by atoms with Gasteiger partial charge in [-0.3, -0.25) is 9.52 Å². The molecule has 3 rings (SSSR count). The molecule has 1 atom stereocenters. The van der Waals surface area contributed by atoms with Crippen LogP contribution < -0.4 is 10.0 Å². The van der Waals surface area contributed by atoms with Gasteiger partial charge in [-0.15, -0.1) is 11.8 Å². The molecule has 0 saturated carbocycles. The molecule has 8 heteroatoms. The number of carbonyl (C=O) groups is 1. The van der Waals surface area contributed by atoms with Gasteiger partial charge in [0.1, 0.15) is 5.82 Å². The quantitative estimate of drug-likeness (QED) is 0.850. The van der Waals surface area contributed by atoms with Crippen LogP contribution in [0.25, 0.3) is 0 Å². The van der Waals surface area contributed by atoms with Crippen molar-refractivity contribution in [3.63, 3.8) is 0 Å². The van der Waals surface area contributed by atoms with E-state index < -0.39 is 15.8 Å². The minimum Gasteiger partial charge on any atom is -0.325 e. The fraction of sp³-hybridized carbons (Fsp3) is 0.235. The lowest BCUT2D eigenvalue weighted by Crippen LogP contribution is -2.15. The normalized spacial score (nSPS) is 17.4. The second-order valence-corrected chi connectivity index (χ2v) is 9.07. The van der Waals surface area contributed by atoms with Crippen LogP contribution in [0.15, 0.2) is 46.2 Å². The Hall–Kier alpha value is -2.06. The number of carbonyl (C=O) groups excluding carboxylic acids is 1. The third-order valence-corrected chi connectivity index (χ3v) is 6.31. The van der Waals surface area contributed by atoms with Gasteiger partial charge < -0.3 is 5.32 Å². The van der Waals surface area contributed by atoms with Gasteiger partial charge in [-0.05, 0) is 48.9 Å². The van der Waals surface area contributed by atoms with Crippen LogP contribution in [0, 0.1) is 12.7 Å². The Morgan fingerprint density at radius 3 is 2.72 bits per heavy atom. The Morgan fingerprint density at radius 1 is 1.24 bits per heavy atom. The summed E-state index contributed by atoms with van der Waals surface area (Å²) in [5.41, 5.74) is 1.28. The molecule has 2 N–H and O–H groups in total. The van der Waals surface area contributed by atoms with Crippen LogP contribution in [-0.2, 0) is 14.8 Å². The lowest BCUT2D eigenvalue weighted by atomic mass is 10.2. The number of fused-ring (bicyclic) bond motifs is 1. The van der Waals surface area contributed by atoms with E-state index in [2.05, 4.69) is 10.0 Å². The molecule has 0 spiro atoms. The highest BCUT2D eigenvalue weighted by Gasteiger charge is 2.22. The van der Waals surface area contributed by atoms with Crippen molar-refractivity contribution in [1.29, 1.82) is 0 Å². The number of amides is 1. The van der Waals surface area contributed by atoms with Crippen molar-refractivity contribution in [3.05, 3.63) is 47.8 Å². The molecule has 2 aromatic rings. The van der Waals surface area contributed by atoms with E-state index in [9.17, 15) is 17.6 Å². The van der Waals surface area contributed by atoms with Gasteiger partial charge in [0.2, 0.25) is 5.91 Å². The number of benzene rings is 2. The number of sulfonamides is 1. The van der Waals surface area contributed by atoms with E-state index in [-0.39, 0.29) is 16.1 Å². The first kappa shape index (κ1) is 17.8. The standard InChI is InChI=1S/C17H17FN2O3S2/c1-10-7-12(18)3-5-14(10)20-25(22,23)13-4-6-16-15(9-13)19-17(21)8-11(2)24-16/h3-7,9,11,20H,8H2,1-2H3,(H,19,21). The third-order valence-electron chi connectivity index (χ3n) is 3.77. The summed E-state index contributed by atoms with van der Waals surface area (Å²) in [6, 6.07) is 8.46. The largest absolute Gasteiger partial charge is 0.325 e. The molecule has 1 aliphatic heterocycles. The van der Waals surface area contributed by atoms with E-state index >= 15 is 0 Å². The number of halogens is 1. The Morgan fingerprint density at radius 2 is 2.00 bits per heavy atom. The summed E-state index contributed by atoms with van der Waals surface area (Å²) < 4.78 is 40.9. The molecule has 5 nitrogen and oxygen atoms in total. The average Bonchev–Trinajstić information content (AvgIpc) is 2.65. The lowest BCUT2D eigenvalue weighted by molar-refractivity contribution is -0.116. The Bertz CT molecular complexity index is 945. The number of hydrogen-bond donors (Lipinski definition) is 2. The zero-order valence-corrected chi connectivity index (χ0v) is 15.3. The molecule has 1 heterocycles. The van der Waals surface area contributed by atoms with Crippen molar-refractivity contribution >= 4 is 39.1 Å². The van der Waals surface area contributed by atoms with Gasteiger partial charge >= 0.3 is 0 Å². The number of nitrogens with one attached hydrogen (secondary N) is 2. The van der Waals surface area contributed by atoms with Crippen molar-refractivity contribution in [1.82, 2.24) is 0 Å². The molecule has 0 fully saturated rings. The maximum Gasteiger partial charge on any atom is 0.261 e. The molecule has 1 unspecified atom stereocenters. The average molecular weight is 380 g/mol. The number of hydrogen-bond acceptors (Lipinski definition) is 4. The number of rotatable bonds is 3. The van der Waals surface area contributed by atoms with Crippen LogP contribution in [0.4, 0.5) is 15.8 Å². The van der Waals surface area contributed by atoms with Crippen molar-refractivity contribution < 1.29 is 17.6 Å². The number of aryl methyl sites for hydroxylation is 1. The third kappa shape index (κ3) is 3.96. The topological polar surface area (TPSA) is 75.3 Å². The zero-order chi connectivity index (χ0) is 18.2. The molecular weight excluding hydrogens is 363 g/mol. The summed E-state index contributed by atoms with van der Waals surface area (Å²) in [5, 5.41) is 2.86. The molecule has 0 aromatic heterocycles. The second-order valence-electron chi connectivity index (χ2n) is 5.90. The monoisotopic (exact) mass is 380 g/mol. The minimum atomic E-state index is -3.86. The minimum absolute atomic E-state index is 0.0328. The van der Waals surface area contributed by atoms with Crippen LogP contribution in [0.3, 0.4) is 0 Å². The van der Waals surface area contributed by atoms with E-state index in [1.807, 2.05) is 6.92 Å². The van der Waals surface area contributed by atoms with Gasteiger partial charge in [-0.2, -0.15) is 0 Å². The van der Waals surface area contributed by atoms with Crippen LogP contribution >= 0.6 is 11.8 Å². The van der Waals surface area contributed by atoms with Crippen molar-refractivity contribution in [2.24, 2.45) is 0 Å². The Labute approximate surface area is 150 Å². The van der Waals surface area contributed by atoms with Crippen LogP contribution in [0.2, 0.25) is 0 Å². The predicted molar refractivity (Wildman–Crippen MR) is 97.0 cm³/mol. The molecule has 1 amide bonds. The van der Waals surface area contributed by atoms with Gasteiger partial charge in [0, 0.05) is 16.6 Å². The first-order valence-electron chi connectivity index (χ1n) is 7.64. The molecule has 0 aliphatic carbocycles. The molecule has 0 saturated heterocycles. The lowest BCUT2D eigenvalue weighted by Gasteiger charge is -2.13. The smallest absolute Gasteiger partial charge is 0.261 e. The van der Waals surface area contributed by atoms with E-state index in [1.54, 1.807) is 13.0 Å². The van der Waals surface area contributed by atoms with Gasteiger partial charge in [-0.25, -0.2) is 12.8 Å². The number of anilines is 2. The molecule has 1 aliphatic rings. The Kier molecular flexibility index (Phi) is 4.75. The maximum absolute atomic E-state index is 13.2. The zero-order valence-electron chi connectivity index (χ0n) is 13.7. The molecule has 25 heavy (non-hydrogen) atoms. The van der Waals surface area contributed by atoms with E-state index in [4.69, 9.17) is 0 Å². The fourth-order valence-electron chi connectivity index (χ4n) is 2.54. The molecule has 0 bridgehead atoms. The van der Waals surface area contributed by atoms with Gasteiger partial charge in [0.25, 0.3) is 10.0 Å². The second kappa shape index (κ2) is 6.68. The molecule has 132 valence electrons. The number of thioether (sulfide) groups is 1. The van der Waals surface area contributed by atoms with Gasteiger partial charge in [0.15, 0.2) is 0 Å². The van der Waals surface area contributed by atoms with E-state index in [1.165, 1.54) is 42.1 Å². The first-order valence-corrected chi connectivity index (χ1v) is 10.0. The predicted octanol–water partition coefficient (Wildman–Crippen LogP) is 3.76. The Balaban J connectivity index is 1.94. The maximum atomic E-state index is 13.2. The SMILES string of the molecule is Cc1cc(F)ccc1NS(=O)(=O)c1ccc2c(c1)NC(=O)CC(C)S2. The summed E-state index contributed by atoms with van der Waals surface area (Å²) in [7, 11) is -3.86. The van der Waals surface area contributed by atoms with Gasteiger partial charge in [0.05, 0.1) is 16.3 Å². The van der Waals surface area contributed by atoms with Crippen molar-refractivity contribution in [2.45, 2.75) is 35.3 Å². The van der Waals surface area contributed by atoms with E-state index in [0.29, 0.717) is 23.4 Å². The highest BCUT2D eigenvalue weighted by atomic mass is 32.2. The molecule has 0 radical (unpaired) electrons. The highest BCUT2D eigenvalue weighted by molar-refractivity contribution is 8.00. The van der Waals surface area contributed by atoms with Gasteiger partial charge in [-0.1, -0.05) is 6.92 Å². The van der Waals surface area contributed by atoms with E-state index in [0.717, 1.165) is 4.90 Å².